The van der Waals surface area contributed by atoms with Crippen molar-refractivity contribution in [3.05, 3.63) is 18.3 Å². The molecule has 128 valence electrons. The van der Waals surface area contributed by atoms with Crippen LogP contribution in [0.1, 0.15) is 19.3 Å². The van der Waals surface area contributed by atoms with Gasteiger partial charge in [-0.15, -0.1) is 0 Å². The number of nitrogens with zero attached hydrogens (tertiary/aromatic N) is 2. The van der Waals surface area contributed by atoms with Crippen LogP contribution in [-0.4, -0.2) is 56.8 Å². The Morgan fingerprint density at radius 3 is 2.83 bits per heavy atom. The van der Waals surface area contributed by atoms with Crippen molar-refractivity contribution in [2.45, 2.75) is 25.3 Å². The van der Waals surface area contributed by atoms with Crippen molar-refractivity contribution in [1.82, 2.24) is 14.6 Å². The summed E-state index contributed by atoms with van der Waals surface area (Å²) >= 11 is 0. The van der Waals surface area contributed by atoms with Gasteiger partial charge in [-0.2, -0.15) is 0 Å². The number of amides is 2. The number of methoxy groups -OCH3 is 1. The van der Waals surface area contributed by atoms with Gasteiger partial charge in [-0.3, -0.25) is 0 Å². The molecule has 0 unspecified atom stereocenters. The van der Waals surface area contributed by atoms with E-state index in [4.69, 9.17) is 4.74 Å². The molecule has 1 fully saturated rings. The molecule has 0 bridgehead atoms. The number of pyridine rings is 1. The second kappa shape index (κ2) is 7.60. The Morgan fingerprint density at radius 1 is 1.43 bits per heavy atom. The lowest BCUT2D eigenvalue weighted by atomic mass is 10.0. The van der Waals surface area contributed by atoms with Crippen LogP contribution in [0.25, 0.3) is 0 Å². The number of anilines is 1. The first-order chi connectivity index (χ1) is 10.9. The highest BCUT2D eigenvalue weighted by Crippen LogP contribution is 2.19. The van der Waals surface area contributed by atoms with Gasteiger partial charge in [0.2, 0.25) is 15.9 Å². The monoisotopic (exact) mass is 342 g/mol. The summed E-state index contributed by atoms with van der Waals surface area (Å²) in [5.74, 6) is 0.469. The lowest BCUT2D eigenvalue weighted by Crippen LogP contribution is -2.50. The number of ether oxygens (including phenoxy) is 1. The Morgan fingerprint density at radius 2 is 2.22 bits per heavy atom. The first kappa shape index (κ1) is 17.5. The fraction of sp³-hybridized carbons (Fsp3) is 0.571. The quantitative estimate of drug-likeness (QED) is 0.832. The third-order valence-corrected chi connectivity index (χ3v) is 4.36. The maximum absolute atomic E-state index is 12.4. The number of likely N-dealkylation sites (tertiary alicyclic amines) is 1. The highest BCUT2D eigenvalue weighted by Gasteiger charge is 2.27. The van der Waals surface area contributed by atoms with Crippen molar-refractivity contribution < 1.29 is 17.9 Å². The molecule has 0 aromatic carbocycles. The molecule has 1 aromatic heterocycles. The summed E-state index contributed by atoms with van der Waals surface area (Å²) in [5.41, 5.74) is 0.566. The van der Waals surface area contributed by atoms with Gasteiger partial charge in [0, 0.05) is 25.2 Å². The van der Waals surface area contributed by atoms with Gasteiger partial charge in [-0.1, -0.05) is 0 Å². The van der Waals surface area contributed by atoms with Crippen molar-refractivity contribution in [3.63, 3.8) is 0 Å². The fourth-order valence-electron chi connectivity index (χ4n) is 2.50. The van der Waals surface area contributed by atoms with Crippen molar-refractivity contribution >= 4 is 21.7 Å². The molecule has 0 radical (unpaired) electrons. The van der Waals surface area contributed by atoms with Gasteiger partial charge in [-0.25, -0.2) is 22.9 Å². The van der Waals surface area contributed by atoms with E-state index < -0.39 is 10.0 Å². The number of hydrogen-bond acceptors (Lipinski definition) is 5. The summed E-state index contributed by atoms with van der Waals surface area (Å²) in [6.07, 6.45) is 5.29. The number of piperidine rings is 1. The smallest absolute Gasteiger partial charge is 0.322 e. The normalized spacial score (nSPS) is 18.5. The highest BCUT2D eigenvalue weighted by atomic mass is 32.2. The number of hydrogen-bond donors (Lipinski definition) is 2. The maximum Gasteiger partial charge on any atom is 0.322 e. The van der Waals surface area contributed by atoms with E-state index >= 15 is 0 Å². The zero-order valence-electron chi connectivity index (χ0n) is 13.3. The Kier molecular flexibility index (Phi) is 5.78. The Balaban J connectivity index is 1.99. The van der Waals surface area contributed by atoms with E-state index in [-0.39, 0.29) is 18.6 Å². The largest absolute Gasteiger partial charge is 0.481 e. The average molecular weight is 342 g/mol. The summed E-state index contributed by atoms with van der Waals surface area (Å²) in [6.45, 7) is 0.832. The lowest BCUT2D eigenvalue weighted by Gasteiger charge is -2.35. The van der Waals surface area contributed by atoms with Gasteiger partial charge in [0.15, 0.2) is 0 Å². The third-order valence-electron chi connectivity index (χ3n) is 3.67. The van der Waals surface area contributed by atoms with E-state index in [1.807, 2.05) is 0 Å². The van der Waals surface area contributed by atoms with Crippen molar-refractivity contribution in [2.24, 2.45) is 0 Å². The molecule has 1 aliphatic rings. The van der Waals surface area contributed by atoms with Gasteiger partial charge < -0.3 is 15.0 Å². The molecular formula is C14H22N4O4S. The number of rotatable bonds is 5. The Bertz CT molecular complexity index is 633. The van der Waals surface area contributed by atoms with Gasteiger partial charge in [0.1, 0.15) is 0 Å². The highest BCUT2D eigenvalue weighted by molar-refractivity contribution is 7.88. The second-order valence-electron chi connectivity index (χ2n) is 5.48. The van der Waals surface area contributed by atoms with Crippen LogP contribution in [0.4, 0.5) is 10.5 Å². The molecule has 2 amide bonds. The van der Waals surface area contributed by atoms with Crippen LogP contribution in [0, 0.1) is 0 Å². The van der Waals surface area contributed by atoms with Crippen molar-refractivity contribution in [2.75, 3.05) is 31.8 Å². The van der Waals surface area contributed by atoms with Crippen LogP contribution >= 0.6 is 0 Å². The van der Waals surface area contributed by atoms with E-state index in [2.05, 4.69) is 15.0 Å². The topological polar surface area (TPSA) is 101 Å². The molecular weight excluding hydrogens is 320 g/mol. The number of sulfonamides is 1. The zero-order chi connectivity index (χ0) is 16.9. The van der Waals surface area contributed by atoms with Gasteiger partial charge in [-0.05, 0) is 25.3 Å². The van der Waals surface area contributed by atoms with E-state index in [9.17, 15) is 13.2 Å². The summed E-state index contributed by atoms with van der Waals surface area (Å²) in [6, 6.07) is 2.97. The van der Waals surface area contributed by atoms with Crippen LogP contribution in [0.3, 0.4) is 0 Å². The lowest BCUT2D eigenvalue weighted by molar-refractivity contribution is 0.164. The van der Waals surface area contributed by atoms with Gasteiger partial charge >= 0.3 is 6.03 Å². The minimum Gasteiger partial charge on any atom is -0.481 e. The van der Waals surface area contributed by atoms with Crippen LogP contribution in [-0.2, 0) is 10.0 Å². The molecule has 2 N–H and O–H groups in total. The number of aromatic nitrogens is 1. The van der Waals surface area contributed by atoms with E-state index in [0.29, 0.717) is 18.1 Å². The first-order valence-electron chi connectivity index (χ1n) is 7.41. The molecule has 0 spiro atoms. The predicted octanol–water partition coefficient (Wildman–Crippen LogP) is 1.03. The second-order valence-corrected chi connectivity index (χ2v) is 7.32. The Labute approximate surface area is 136 Å². The van der Waals surface area contributed by atoms with Crippen LogP contribution in [0.2, 0.25) is 0 Å². The molecule has 1 aliphatic heterocycles. The maximum atomic E-state index is 12.4. The molecule has 9 heteroatoms. The molecule has 8 nitrogen and oxygen atoms in total. The van der Waals surface area contributed by atoms with Crippen molar-refractivity contribution in [1.29, 1.82) is 0 Å². The number of nitrogens with one attached hydrogen (secondary N) is 2. The molecule has 1 aromatic rings. The minimum absolute atomic E-state index is 0.148. The minimum atomic E-state index is -3.27. The molecule has 2 heterocycles. The zero-order valence-corrected chi connectivity index (χ0v) is 14.1. The molecule has 23 heavy (non-hydrogen) atoms. The molecule has 0 saturated carbocycles. The van der Waals surface area contributed by atoms with E-state index in [0.717, 1.165) is 25.5 Å². The SMILES string of the molecule is COc1ccc(NC(=O)N2CCCC[C@H]2CNS(C)(=O)=O)cn1. The molecule has 1 atom stereocenters. The number of carbonyl (C=O) groups excluding carboxylic acids is 1. The van der Waals surface area contributed by atoms with Crippen LogP contribution in [0.15, 0.2) is 18.3 Å². The van der Waals surface area contributed by atoms with Crippen LogP contribution < -0.4 is 14.8 Å². The van der Waals surface area contributed by atoms with Crippen LogP contribution in [0.5, 0.6) is 5.88 Å². The van der Waals surface area contributed by atoms with E-state index in [1.54, 1.807) is 17.0 Å². The predicted molar refractivity (Wildman–Crippen MR) is 87.0 cm³/mol. The third kappa shape index (κ3) is 5.36. The molecule has 0 aliphatic carbocycles. The fourth-order valence-corrected chi connectivity index (χ4v) is 2.99. The number of carbonyl (C=O) groups is 1. The molecule has 1 saturated heterocycles. The summed E-state index contributed by atoms with van der Waals surface area (Å²) in [4.78, 5) is 18.1. The summed E-state index contributed by atoms with van der Waals surface area (Å²) in [5, 5.41) is 2.78. The van der Waals surface area contributed by atoms with Crippen molar-refractivity contribution in [3.8, 4) is 5.88 Å². The summed E-state index contributed by atoms with van der Waals surface area (Å²) in [7, 11) is -1.75. The molecule has 2 rings (SSSR count). The average Bonchev–Trinajstić information content (AvgIpc) is 2.53. The first-order valence-corrected chi connectivity index (χ1v) is 9.30. The Hall–Kier alpha value is -1.87. The van der Waals surface area contributed by atoms with Gasteiger partial charge in [0.25, 0.3) is 0 Å². The van der Waals surface area contributed by atoms with E-state index in [1.165, 1.54) is 13.3 Å². The summed E-state index contributed by atoms with van der Waals surface area (Å²) < 4.78 is 30.0. The van der Waals surface area contributed by atoms with Gasteiger partial charge in [0.05, 0.1) is 25.2 Å². The standard InChI is InChI=1S/C14H22N4O4S/c1-22-13-7-6-11(9-15-13)17-14(19)18-8-4-3-5-12(18)10-16-23(2,20)21/h6-7,9,12,16H,3-5,8,10H2,1-2H3,(H,17,19)/t12-/m0/s1. The number of urea groups is 1.